The molecule has 1 amide bonds. The number of aryl methyl sites for hydroxylation is 1. The first-order chi connectivity index (χ1) is 11.3. The fraction of sp³-hybridized carbons (Fsp3) is 0.0769. The third kappa shape index (κ3) is 4.14. The highest BCUT2D eigenvalue weighted by Gasteiger charge is 2.13. The van der Waals surface area contributed by atoms with Crippen LogP contribution in [0.5, 0.6) is 5.75 Å². The van der Waals surface area contributed by atoms with Crippen molar-refractivity contribution in [3.05, 3.63) is 52.3 Å². The SMILES string of the molecule is Cn1nnc2c(C(N)=O)ncn2c1=O.O.O=C(O)c1ccc(O)cc1. The van der Waals surface area contributed by atoms with E-state index in [-0.39, 0.29) is 28.1 Å². The van der Waals surface area contributed by atoms with Gasteiger partial charge in [-0.1, -0.05) is 5.21 Å². The lowest BCUT2D eigenvalue weighted by molar-refractivity contribution is 0.0696. The fourth-order valence-electron chi connectivity index (χ4n) is 1.66. The second kappa shape index (κ2) is 7.65. The highest BCUT2D eigenvalue weighted by molar-refractivity contribution is 5.96. The maximum atomic E-state index is 11.4. The molecule has 6 N–H and O–H groups in total. The second-order valence-corrected chi connectivity index (χ2v) is 4.50. The number of fused-ring (bicyclic) bond motifs is 1. The third-order valence-corrected chi connectivity index (χ3v) is 2.85. The Bertz CT molecular complexity index is 961. The molecule has 2 heterocycles. The summed E-state index contributed by atoms with van der Waals surface area (Å²) in [5.41, 5.74) is 4.77. The van der Waals surface area contributed by atoms with E-state index in [4.69, 9.17) is 15.9 Å². The molecule has 12 heteroatoms. The smallest absolute Gasteiger partial charge is 0.352 e. The quantitative estimate of drug-likeness (QED) is 0.480. The molecule has 2 aromatic heterocycles. The van der Waals surface area contributed by atoms with Gasteiger partial charge in [0.2, 0.25) is 0 Å². The number of amides is 1. The van der Waals surface area contributed by atoms with E-state index in [0.29, 0.717) is 0 Å². The number of carbonyl (C=O) groups excluding carboxylic acids is 1. The van der Waals surface area contributed by atoms with Crippen LogP contribution < -0.4 is 11.4 Å². The number of carboxylic acid groups (broad SMARTS) is 1. The number of phenolic OH excluding ortho intramolecular Hbond substituents is 1. The molecular weight excluding hydrogens is 336 g/mol. The molecule has 3 rings (SSSR count). The number of nitrogens with two attached hydrogens (primary N) is 1. The van der Waals surface area contributed by atoms with Crippen LogP contribution in [0.25, 0.3) is 5.65 Å². The number of carboxylic acids is 1. The lowest BCUT2D eigenvalue weighted by Gasteiger charge is -1.95. The highest BCUT2D eigenvalue weighted by atomic mass is 16.4. The number of rotatable bonds is 2. The Hall–Kier alpha value is -3.80. The van der Waals surface area contributed by atoms with Gasteiger partial charge in [0.25, 0.3) is 5.91 Å². The molecule has 0 bridgehead atoms. The predicted molar refractivity (Wildman–Crippen MR) is 83.2 cm³/mol. The number of aromatic nitrogens is 5. The van der Waals surface area contributed by atoms with Crippen LogP contribution in [0.2, 0.25) is 0 Å². The number of hydrogen-bond donors (Lipinski definition) is 3. The van der Waals surface area contributed by atoms with Gasteiger partial charge in [0.1, 0.15) is 12.1 Å². The maximum Gasteiger partial charge on any atom is 0.352 e. The Morgan fingerprint density at radius 1 is 1.20 bits per heavy atom. The van der Waals surface area contributed by atoms with Gasteiger partial charge in [0.15, 0.2) is 11.3 Å². The van der Waals surface area contributed by atoms with Gasteiger partial charge in [-0.15, -0.1) is 5.10 Å². The zero-order valence-corrected chi connectivity index (χ0v) is 12.8. The molecular formula is C13H14N6O6. The summed E-state index contributed by atoms with van der Waals surface area (Å²) in [6.07, 6.45) is 1.19. The average Bonchev–Trinajstić information content (AvgIpc) is 2.97. The largest absolute Gasteiger partial charge is 0.508 e. The average molecular weight is 350 g/mol. The van der Waals surface area contributed by atoms with Crippen molar-refractivity contribution in [1.82, 2.24) is 24.4 Å². The molecule has 0 unspecified atom stereocenters. The summed E-state index contributed by atoms with van der Waals surface area (Å²) >= 11 is 0. The number of hydrogen-bond acceptors (Lipinski definition) is 7. The lowest BCUT2D eigenvalue weighted by atomic mass is 10.2. The fourth-order valence-corrected chi connectivity index (χ4v) is 1.66. The first kappa shape index (κ1) is 19.2. The number of benzene rings is 1. The topological polar surface area (TPSA) is 197 Å². The van der Waals surface area contributed by atoms with E-state index in [9.17, 15) is 14.4 Å². The zero-order chi connectivity index (χ0) is 17.9. The van der Waals surface area contributed by atoms with Crippen LogP contribution in [-0.2, 0) is 7.05 Å². The minimum Gasteiger partial charge on any atom is -0.508 e. The van der Waals surface area contributed by atoms with Crippen molar-refractivity contribution < 1.29 is 25.3 Å². The molecule has 25 heavy (non-hydrogen) atoms. The number of primary amides is 1. The summed E-state index contributed by atoms with van der Waals surface area (Å²) in [6, 6.07) is 5.36. The molecule has 0 spiro atoms. The molecule has 132 valence electrons. The first-order valence-electron chi connectivity index (χ1n) is 6.40. The van der Waals surface area contributed by atoms with Gasteiger partial charge in [0.05, 0.1) is 5.56 Å². The van der Waals surface area contributed by atoms with E-state index in [2.05, 4.69) is 15.3 Å². The van der Waals surface area contributed by atoms with Gasteiger partial charge in [-0.2, -0.15) is 4.68 Å². The van der Waals surface area contributed by atoms with Crippen LogP contribution in [0.1, 0.15) is 20.8 Å². The monoisotopic (exact) mass is 350 g/mol. The molecule has 0 saturated carbocycles. The number of aromatic carboxylic acids is 1. The van der Waals surface area contributed by atoms with Crippen molar-refractivity contribution in [2.24, 2.45) is 12.8 Å². The molecule has 0 aliphatic heterocycles. The van der Waals surface area contributed by atoms with Gasteiger partial charge in [-0.25, -0.2) is 19.0 Å². The maximum absolute atomic E-state index is 11.4. The molecule has 3 aromatic rings. The van der Waals surface area contributed by atoms with Gasteiger partial charge in [-0.3, -0.25) is 4.79 Å². The Kier molecular flexibility index (Phi) is 5.89. The minimum absolute atomic E-state index is 0. The number of phenols is 1. The van der Waals surface area contributed by atoms with E-state index in [1.165, 1.54) is 37.6 Å². The number of carbonyl (C=O) groups is 2. The third-order valence-electron chi connectivity index (χ3n) is 2.85. The number of imidazole rings is 1. The van der Waals surface area contributed by atoms with Crippen LogP contribution in [0.4, 0.5) is 0 Å². The predicted octanol–water partition coefficient (Wildman–Crippen LogP) is -1.81. The van der Waals surface area contributed by atoms with Gasteiger partial charge >= 0.3 is 11.7 Å². The number of aromatic hydroxyl groups is 1. The van der Waals surface area contributed by atoms with Crippen LogP contribution in [0, 0.1) is 0 Å². The minimum atomic E-state index is -0.986. The van der Waals surface area contributed by atoms with Gasteiger partial charge in [0, 0.05) is 7.05 Å². The molecule has 0 saturated heterocycles. The van der Waals surface area contributed by atoms with E-state index < -0.39 is 17.6 Å². The summed E-state index contributed by atoms with van der Waals surface area (Å²) in [4.78, 5) is 36.1. The highest BCUT2D eigenvalue weighted by Crippen LogP contribution is 2.08. The molecule has 1 aromatic carbocycles. The molecule has 0 aliphatic rings. The zero-order valence-electron chi connectivity index (χ0n) is 12.8. The van der Waals surface area contributed by atoms with Crippen molar-refractivity contribution in [2.75, 3.05) is 0 Å². The normalized spacial score (nSPS) is 9.64. The van der Waals surface area contributed by atoms with Crippen molar-refractivity contribution in [2.45, 2.75) is 0 Å². The van der Waals surface area contributed by atoms with Crippen molar-refractivity contribution in [1.29, 1.82) is 0 Å². The van der Waals surface area contributed by atoms with Crippen LogP contribution >= 0.6 is 0 Å². The Balaban J connectivity index is 0.000000254. The molecule has 12 nitrogen and oxygen atoms in total. The molecule has 0 atom stereocenters. The lowest BCUT2D eigenvalue weighted by Crippen LogP contribution is -2.27. The van der Waals surface area contributed by atoms with E-state index in [0.717, 1.165) is 9.08 Å². The Morgan fingerprint density at radius 3 is 2.32 bits per heavy atom. The number of nitrogens with zero attached hydrogens (tertiary/aromatic N) is 5. The first-order valence-corrected chi connectivity index (χ1v) is 6.40. The summed E-state index contributed by atoms with van der Waals surface area (Å²) in [5.74, 6) is -1.65. The second-order valence-electron chi connectivity index (χ2n) is 4.50. The summed E-state index contributed by atoms with van der Waals surface area (Å²) in [6.45, 7) is 0. The van der Waals surface area contributed by atoms with Crippen molar-refractivity contribution in [3.63, 3.8) is 0 Å². The van der Waals surface area contributed by atoms with Crippen molar-refractivity contribution in [3.8, 4) is 5.75 Å². The standard InChI is InChI=1S/C7H6O3.C6H6N6O2.H2O/c8-6-3-1-5(2-4-6)7(9)10;1-11-6(14)12-2-8-3(4(7)13)5(12)9-10-11;/h1-4,8H,(H,9,10);2H,1H3,(H2,7,13);1H2. The van der Waals surface area contributed by atoms with Gasteiger partial charge in [-0.05, 0) is 24.3 Å². The Morgan fingerprint density at radius 2 is 1.80 bits per heavy atom. The van der Waals surface area contributed by atoms with E-state index >= 15 is 0 Å². The van der Waals surface area contributed by atoms with Crippen LogP contribution in [0.3, 0.4) is 0 Å². The Labute approximate surface area is 139 Å². The summed E-state index contributed by atoms with van der Waals surface area (Å²) < 4.78 is 2.13. The molecule has 0 aliphatic carbocycles. The van der Waals surface area contributed by atoms with E-state index in [1.807, 2.05) is 0 Å². The van der Waals surface area contributed by atoms with Crippen LogP contribution in [0.15, 0.2) is 35.4 Å². The molecule has 0 fully saturated rings. The van der Waals surface area contributed by atoms with Crippen molar-refractivity contribution >= 4 is 17.5 Å². The van der Waals surface area contributed by atoms with Crippen LogP contribution in [-0.4, -0.2) is 51.9 Å². The summed E-state index contributed by atoms with van der Waals surface area (Å²) in [7, 11) is 1.44. The summed E-state index contributed by atoms with van der Waals surface area (Å²) in [5, 5.41) is 24.3. The molecule has 0 radical (unpaired) electrons. The van der Waals surface area contributed by atoms with E-state index in [1.54, 1.807) is 0 Å². The van der Waals surface area contributed by atoms with Gasteiger partial charge < -0.3 is 21.4 Å².